The van der Waals surface area contributed by atoms with Gasteiger partial charge >= 0.3 is 5.97 Å². The topological polar surface area (TPSA) is 39.2 Å². The lowest BCUT2D eigenvalue weighted by Gasteiger charge is -2.12. The number of benzene rings is 2. The van der Waals surface area contributed by atoms with Crippen molar-refractivity contribution in [3.05, 3.63) is 77.3 Å². The van der Waals surface area contributed by atoms with Gasteiger partial charge in [0.15, 0.2) is 5.69 Å². The van der Waals surface area contributed by atoms with Crippen LogP contribution in [0.25, 0.3) is 10.6 Å². The van der Waals surface area contributed by atoms with Crippen molar-refractivity contribution in [3.63, 3.8) is 0 Å². The number of nitrogens with zero attached hydrogens (tertiary/aromatic N) is 1. The lowest BCUT2D eigenvalue weighted by atomic mass is 10.1. The second kappa shape index (κ2) is 6.54. The minimum Gasteiger partial charge on any atom is -0.453 e. The van der Waals surface area contributed by atoms with Gasteiger partial charge in [0.1, 0.15) is 11.1 Å². The second-order valence-electron chi connectivity index (χ2n) is 4.86. The summed E-state index contributed by atoms with van der Waals surface area (Å²) < 4.78 is 5.48. The van der Waals surface area contributed by atoms with E-state index >= 15 is 0 Å². The van der Waals surface area contributed by atoms with Gasteiger partial charge in [-0.15, -0.1) is 11.3 Å². The van der Waals surface area contributed by atoms with Crippen molar-refractivity contribution in [1.29, 1.82) is 0 Å². The number of aromatic nitrogens is 1. The largest absolute Gasteiger partial charge is 0.453 e. The number of hydrogen-bond acceptors (Lipinski definition) is 4. The first-order valence-electron chi connectivity index (χ1n) is 7.01. The number of ether oxygens (including phenoxy) is 1. The van der Waals surface area contributed by atoms with Crippen LogP contribution in [0.1, 0.15) is 29.1 Å². The van der Waals surface area contributed by atoms with Crippen molar-refractivity contribution in [3.8, 4) is 10.6 Å². The van der Waals surface area contributed by atoms with Gasteiger partial charge in [0.25, 0.3) is 0 Å². The van der Waals surface area contributed by atoms with Crippen LogP contribution < -0.4 is 0 Å². The van der Waals surface area contributed by atoms with Crippen molar-refractivity contribution >= 4 is 17.3 Å². The molecule has 0 aliphatic carbocycles. The van der Waals surface area contributed by atoms with Gasteiger partial charge in [-0.3, -0.25) is 0 Å². The third kappa shape index (κ3) is 3.23. The molecule has 0 aliphatic rings. The number of carbonyl (C=O) groups is 1. The van der Waals surface area contributed by atoms with Crippen LogP contribution in [0.15, 0.2) is 66.0 Å². The van der Waals surface area contributed by atoms with Crippen LogP contribution in [0, 0.1) is 0 Å². The molecule has 110 valence electrons. The third-order valence-corrected chi connectivity index (χ3v) is 4.18. The standard InChI is InChI=1S/C18H15NO2S/c1-13(14-8-4-2-5-9-14)21-18(20)16-12-22-17(19-16)15-10-6-3-7-11-15/h2-13H,1H3/t13-/m0/s1. The molecule has 0 aliphatic heterocycles. The summed E-state index contributed by atoms with van der Waals surface area (Å²) in [6.45, 7) is 1.86. The molecule has 3 aromatic rings. The van der Waals surface area contributed by atoms with Crippen LogP contribution >= 0.6 is 11.3 Å². The minimum atomic E-state index is -0.394. The Bertz CT molecular complexity index is 753. The fraction of sp³-hybridized carbons (Fsp3) is 0.111. The van der Waals surface area contributed by atoms with Gasteiger partial charge in [0.05, 0.1) is 0 Å². The molecular formula is C18H15NO2S. The van der Waals surface area contributed by atoms with Gasteiger partial charge in [0, 0.05) is 10.9 Å². The summed E-state index contributed by atoms with van der Waals surface area (Å²) in [5, 5.41) is 2.56. The zero-order valence-electron chi connectivity index (χ0n) is 12.1. The number of hydrogen-bond donors (Lipinski definition) is 0. The Balaban J connectivity index is 1.72. The number of esters is 1. The van der Waals surface area contributed by atoms with Crippen molar-refractivity contribution in [2.75, 3.05) is 0 Å². The van der Waals surface area contributed by atoms with E-state index < -0.39 is 5.97 Å². The molecule has 0 radical (unpaired) electrons. The van der Waals surface area contributed by atoms with E-state index in [1.165, 1.54) is 11.3 Å². The fourth-order valence-corrected chi connectivity index (χ4v) is 2.89. The SMILES string of the molecule is C[C@H](OC(=O)c1csc(-c2ccccc2)n1)c1ccccc1. The predicted molar refractivity (Wildman–Crippen MR) is 87.8 cm³/mol. The van der Waals surface area contributed by atoms with E-state index in [2.05, 4.69) is 4.98 Å². The van der Waals surface area contributed by atoms with Crippen molar-refractivity contribution in [1.82, 2.24) is 4.98 Å². The van der Waals surface area contributed by atoms with Gasteiger partial charge < -0.3 is 4.74 Å². The van der Waals surface area contributed by atoms with Crippen LogP contribution in [0.4, 0.5) is 0 Å². The normalized spacial score (nSPS) is 11.9. The summed E-state index contributed by atoms with van der Waals surface area (Å²) in [7, 11) is 0. The molecule has 4 heteroatoms. The van der Waals surface area contributed by atoms with E-state index in [1.54, 1.807) is 5.38 Å². The summed E-state index contributed by atoms with van der Waals surface area (Å²) in [5.74, 6) is -0.394. The lowest BCUT2D eigenvalue weighted by molar-refractivity contribution is 0.0332. The molecule has 0 N–H and O–H groups in total. The molecular weight excluding hydrogens is 294 g/mol. The van der Waals surface area contributed by atoms with Gasteiger partial charge in [-0.1, -0.05) is 60.7 Å². The van der Waals surface area contributed by atoms with E-state index in [1.807, 2.05) is 67.6 Å². The Kier molecular flexibility index (Phi) is 4.30. The summed E-state index contributed by atoms with van der Waals surface area (Å²) in [4.78, 5) is 16.6. The first kappa shape index (κ1) is 14.5. The highest BCUT2D eigenvalue weighted by Gasteiger charge is 2.17. The molecule has 1 heterocycles. The Morgan fingerprint density at radius 2 is 1.68 bits per heavy atom. The maximum Gasteiger partial charge on any atom is 0.358 e. The monoisotopic (exact) mass is 309 g/mol. The highest BCUT2D eigenvalue weighted by atomic mass is 32.1. The number of carbonyl (C=O) groups excluding carboxylic acids is 1. The molecule has 22 heavy (non-hydrogen) atoms. The Labute approximate surface area is 133 Å². The maximum absolute atomic E-state index is 12.2. The minimum absolute atomic E-state index is 0.296. The molecule has 0 fully saturated rings. The fourth-order valence-electron chi connectivity index (χ4n) is 2.09. The molecule has 2 aromatic carbocycles. The van der Waals surface area contributed by atoms with Crippen LogP contribution in [0.3, 0.4) is 0 Å². The summed E-state index contributed by atoms with van der Waals surface area (Å²) in [6.07, 6.45) is -0.296. The van der Waals surface area contributed by atoms with Gasteiger partial charge in [-0.25, -0.2) is 9.78 Å². The molecule has 0 bridgehead atoms. The third-order valence-electron chi connectivity index (χ3n) is 3.29. The molecule has 1 atom stereocenters. The van der Waals surface area contributed by atoms with E-state index in [4.69, 9.17) is 4.74 Å². The lowest BCUT2D eigenvalue weighted by Crippen LogP contribution is -2.09. The van der Waals surface area contributed by atoms with Crippen molar-refractivity contribution < 1.29 is 9.53 Å². The molecule has 0 unspecified atom stereocenters. The van der Waals surface area contributed by atoms with Crippen molar-refractivity contribution in [2.45, 2.75) is 13.0 Å². The average Bonchev–Trinajstić information content (AvgIpc) is 3.06. The zero-order valence-corrected chi connectivity index (χ0v) is 12.9. The van der Waals surface area contributed by atoms with Crippen LogP contribution in [-0.2, 0) is 4.74 Å². The molecule has 0 amide bonds. The van der Waals surface area contributed by atoms with Crippen molar-refractivity contribution in [2.24, 2.45) is 0 Å². The number of thiazole rings is 1. The molecule has 3 rings (SSSR count). The molecule has 3 nitrogen and oxygen atoms in total. The Hall–Kier alpha value is -2.46. The summed E-state index contributed by atoms with van der Waals surface area (Å²) >= 11 is 1.44. The zero-order chi connectivity index (χ0) is 15.4. The van der Waals surface area contributed by atoms with Gasteiger partial charge in [-0.05, 0) is 12.5 Å². The first-order chi connectivity index (χ1) is 10.7. The van der Waals surface area contributed by atoms with Crippen LogP contribution in [0.5, 0.6) is 0 Å². The number of rotatable bonds is 4. The Morgan fingerprint density at radius 1 is 1.05 bits per heavy atom. The van der Waals surface area contributed by atoms with Crippen LogP contribution in [-0.4, -0.2) is 11.0 Å². The highest BCUT2D eigenvalue weighted by Crippen LogP contribution is 2.25. The average molecular weight is 309 g/mol. The van der Waals surface area contributed by atoms with E-state index in [0.717, 1.165) is 16.1 Å². The molecule has 0 saturated heterocycles. The smallest absolute Gasteiger partial charge is 0.358 e. The quantitative estimate of drug-likeness (QED) is 0.654. The second-order valence-corrected chi connectivity index (χ2v) is 5.72. The van der Waals surface area contributed by atoms with E-state index in [-0.39, 0.29) is 6.10 Å². The molecule has 0 spiro atoms. The summed E-state index contributed by atoms with van der Waals surface area (Å²) in [6, 6.07) is 19.5. The van der Waals surface area contributed by atoms with Crippen LogP contribution in [0.2, 0.25) is 0 Å². The Morgan fingerprint density at radius 3 is 2.36 bits per heavy atom. The molecule has 0 saturated carbocycles. The van der Waals surface area contributed by atoms with E-state index in [0.29, 0.717) is 5.69 Å². The highest BCUT2D eigenvalue weighted by molar-refractivity contribution is 7.13. The summed E-state index contributed by atoms with van der Waals surface area (Å²) in [5.41, 5.74) is 2.32. The first-order valence-corrected chi connectivity index (χ1v) is 7.89. The molecule has 1 aromatic heterocycles. The van der Waals surface area contributed by atoms with Gasteiger partial charge in [-0.2, -0.15) is 0 Å². The maximum atomic E-state index is 12.2. The van der Waals surface area contributed by atoms with Gasteiger partial charge in [0.2, 0.25) is 0 Å². The predicted octanol–water partition coefficient (Wildman–Crippen LogP) is 4.73. The van der Waals surface area contributed by atoms with E-state index in [9.17, 15) is 4.79 Å².